The molecule has 0 aliphatic rings. The highest BCUT2D eigenvalue weighted by molar-refractivity contribution is 5.36. The minimum absolute atomic E-state index is 0.236. The summed E-state index contributed by atoms with van der Waals surface area (Å²) in [5.74, 6) is 0.0997. The van der Waals surface area contributed by atoms with Gasteiger partial charge in [0.2, 0.25) is 0 Å². The third-order valence-corrected chi connectivity index (χ3v) is 1.79. The minimum Gasteiger partial charge on any atom is -0.496 e. The van der Waals surface area contributed by atoms with Crippen LogP contribution in [0.25, 0.3) is 0 Å². The van der Waals surface area contributed by atoms with E-state index in [9.17, 15) is 4.39 Å². The quantitative estimate of drug-likeness (QED) is 0.733. The van der Waals surface area contributed by atoms with Crippen molar-refractivity contribution in [2.24, 2.45) is 5.73 Å². The first-order chi connectivity index (χ1) is 6.19. The van der Waals surface area contributed by atoms with Gasteiger partial charge in [-0.2, -0.15) is 0 Å². The molecule has 3 N–H and O–H groups in total. The maximum Gasteiger partial charge on any atom is 0.123 e. The molecule has 0 aliphatic heterocycles. The van der Waals surface area contributed by atoms with Crippen LogP contribution in [0.2, 0.25) is 0 Å². The lowest BCUT2D eigenvalue weighted by Gasteiger charge is -2.12. The topological polar surface area (TPSA) is 55.5 Å². The summed E-state index contributed by atoms with van der Waals surface area (Å²) in [6.07, 6.45) is 0. The van der Waals surface area contributed by atoms with Crippen LogP contribution in [0.3, 0.4) is 0 Å². The van der Waals surface area contributed by atoms with Crippen LogP contribution >= 0.6 is 0 Å². The Balaban J connectivity index is 3.07. The molecule has 0 saturated carbocycles. The molecule has 1 rings (SSSR count). The van der Waals surface area contributed by atoms with Gasteiger partial charge >= 0.3 is 0 Å². The molecule has 1 aromatic rings. The fourth-order valence-electron chi connectivity index (χ4n) is 1.09. The van der Waals surface area contributed by atoms with E-state index in [0.717, 1.165) is 0 Å². The molecule has 1 aromatic carbocycles. The molecule has 0 radical (unpaired) electrons. The maximum atomic E-state index is 12.8. The lowest BCUT2D eigenvalue weighted by Crippen LogP contribution is -2.15. The van der Waals surface area contributed by atoms with E-state index in [0.29, 0.717) is 11.3 Å². The van der Waals surface area contributed by atoms with Gasteiger partial charge in [0.15, 0.2) is 0 Å². The summed E-state index contributed by atoms with van der Waals surface area (Å²) in [6.45, 7) is -0.236. The van der Waals surface area contributed by atoms with Crippen molar-refractivity contribution in [1.29, 1.82) is 0 Å². The van der Waals surface area contributed by atoms with Crippen LogP contribution in [0.4, 0.5) is 4.39 Å². The fraction of sp³-hybridized carbons (Fsp3) is 0.333. The Kier molecular flexibility index (Phi) is 3.22. The lowest BCUT2D eigenvalue weighted by atomic mass is 10.1. The third-order valence-electron chi connectivity index (χ3n) is 1.79. The summed E-state index contributed by atoms with van der Waals surface area (Å²) < 4.78 is 17.8. The second-order valence-electron chi connectivity index (χ2n) is 2.68. The zero-order chi connectivity index (χ0) is 9.84. The van der Waals surface area contributed by atoms with Crippen molar-refractivity contribution in [1.82, 2.24) is 0 Å². The van der Waals surface area contributed by atoms with Gasteiger partial charge < -0.3 is 15.6 Å². The van der Waals surface area contributed by atoms with Crippen LogP contribution in [-0.2, 0) is 0 Å². The Morgan fingerprint density at radius 2 is 2.31 bits per heavy atom. The maximum absolute atomic E-state index is 12.8. The number of methoxy groups -OCH3 is 1. The van der Waals surface area contributed by atoms with Crippen molar-refractivity contribution in [3.63, 3.8) is 0 Å². The zero-order valence-electron chi connectivity index (χ0n) is 7.33. The highest BCUT2D eigenvalue weighted by atomic mass is 19.1. The molecule has 0 aromatic heterocycles. The average molecular weight is 185 g/mol. The van der Waals surface area contributed by atoms with E-state index in [1.807, 2.05) is 0 Å². The smallest absolute Gasteiger partial charge is 0.123 e. The van der Waals surface area contributed by atoms with E-state index >= 15 is 0 Å². The van der Waals surface area contributed by atoms with Crippen LogP contribution in [0, 0.1) is 5.82 Å². The molecule has 1 unspecified atom stereocenters. The van der Waals surface area contributed by atoms with Gasteiger partial charge in [-0.15, -0.1) is 0 Å². The number of hydrogen-bond acceptors (Lipinski definition) is 3. The van der Waals surface area contributed by atoms with Gasteiger partial charge in [0.25, 0.3) is 0 Å². The monoisotopic (exact) mass is 185 g/mol. The van der Waals surface area contributed by atoms with Crippen LogP contribution in [0.5, 0.6) is 5.75 Å². The summed E-state index contributed by atoms with van der Waals surface area (Å²) in [4.78, 5) is 0. The molecule has 3 nitrogen and oxygen atoms in total. The molecule has 0 bridgehead atoms. The third kappa shape index (κ3) is 2.17. The standard InChI is InChI=1S/C9H12FNO2/c1-13-9-3-2-6(10)4-7(9)8(11)5-12/h2-4,8,12H,5,11H2,1H3. The van der Waals surface area contributed by atoms with Crippen LogP contribution in [0.15, 0.2) is 18.2 Å². The summed E-state index contributed by atoms with van der Waals surface area (Å²) in [6, 6.07) is 3.43. The Labute approximate surface area is 75.9 Å². The van der Waals surface area contributed by atoms with Crippen molar-refractivity contribution in [3.8, 4) is 5.75 Å². The van der Waals surface area contributed by atoms with Crippen molar-refractivity contribution < 1.29 is 14.2 Å². The summed E-state index contributed by atoms with van der Waals surface area (Å²) in [5, 5.41) is 8.80. The lowest BCUT2D eigenvalue weighted by molar-refractivity contribution is 0.264. The van der Waals surface area contributed by atoms with Gasteiger partial charge in [0.1, 0.15) is 11.6 Å². The Hall–Kier alpha value is -1.13. The minimum atomic E-state index is -0.606. The van der Waals surface area contributed by atoms with E-state index in [1.54, 1.807) is 0 Å². The molecule has 13 heavy (non-hydrogen) atoms. The van der Waals surface area contributed by atoms with E-state index in [2.05, 4.69) is 0 Å². The fourth-order valence-corrected chi connectivity index (χ4v) is 1.09. The molecule has 1 atom stereocenters. The predicted molar refractivity (Wildman–Crippen MR) is 47.0 cm³/mol. The molecule has 0 fully saturated rings. The van der Waals surface area contributed by atoms with E-state index in [4.69, 9.17) is 15.6 Å². The van der Waals surface area contributed by atoms with Crippen molar-refractivity contribution in [2.45, 2.75) is 6.04 Å². The highest BCUT2D eigenvalue weighted by Gasteiger charge is 2.11. The van der Waals surface area contributed by atoms with Gasteiger partial charge in [-0.1, -0.05) is 0 Å². The molecule has 0 spiro atoms. The summed E-state index contributed by atoms with van der Waals surface area (Å²) >= 11 is 0. The Morgan fingerprint density at radius 3 is 2.85 bits per heavy atom. The van der Waals surface area contributed by atoms with Gasteiger partial charge in [-0.05, 0) is 18.2 Å². The van der Waals surface area contributed by atoms with Gasteiger partial charge in [0.05, 0.1) is 19.8 Å². The van der Waals surface area contributed by atoms with Crippen molar-refractivity contribution in [3.05, 3.63) is 29.6 Å². The van der Waals surface area contributed by atoms with Crippen LogP contribution in [0.1, 0.15) is 11.6 Å². The van der Waals surface area contributed by atoms with Gasteiger partial charge in [0, 0.05) is 5.56 Å². The van der Waals surface area contributed by atoms with Crippen molar-refractivity contribution in [2.75, 3.05) is 13.7 Å². The number of benzene rings is 1. The second kappa shape index (κ2) is 4.20. The van der Waals surface area contributed by atoms with Gasteiger partial charge in [-0.3, -0.25) is 0 Å². The number of halogens is 1. The zero-order valence-corrected chi connectivity index (χ0v) is 7.33. The largest absolute Gasteiger partial charge is 0.496 e. The molecular formula is C9H12FNO2. The molecule has 0 aliphatic carbocycles. The number of aliphatic hydroxyl groups excluding tert-OH is 1. The average Bonchev–Trinajstić information content (AvgIpc) is 2.16. The van der Waals surface area contributed by atoms with Crippen LogP contribution < -0.4 is 10.5 Å². The SMILES string of the molecule is COc1ccc(F)cc1C(N)CO. The number of aliphatic hydroxyl groups is 1. The first-order valence-corrected chi connectivity index (χ1v) is 3.89. The van der Waals surface area contributed by atoms with Crippen molar-refractivity contribution >= 4 is 0 Å². The predicted octanol–water partition coefficient (Wildman–Crippen LogP) is 0.826. The summed E-state index contributed by atoms with van der Waals surface area (Å²) in [7, 11) is 1.47. The van der Waals surface area contributed by atoms with Crippen LogP contribution in [-0.4, -0.2) is 18.8 Å². The molecule has 4 heteroatoms. The molecule has 72 valence electrons. The number of hydrogen-bond donors (Lipinski definition) is 2. The summed E-state index contributed by atoms with van der Waals surface area (Å²) in [5.41, 5.74) is 6.02. The normalized spacial score (nSPS) is 12.6. The Morgan fingerprint density at radius 1 is 1.62 bits per heavy atom. The van der Waals surface area contributed by atoms with Gasteiger partial charge in [-0.25, -0.2) is 4.39 Å². The first-order valence-electron chi connectivity index (χ1n) is 3.89. The molecule has 0 saturated heterocycles. The highest BCUT2D eigenvalue weighted by Crippen LogP contribution is 2.24. The molecule has 0 amide bonds. The molecular weight excluding hydrogens is 173 g/mol. The van der Waals surface area contributed by atoms with E-state index in [-0.39, 0.29) is 12.4 Å². The molecule has 0 heterocycles. The number of ether oxygens (including phenoxy) is 1. The number of nitrogens with two attached hydrogens (primary N) is 1. The van der Waals surface area contributed by atoms with E-state index < -0.39 is 6.04 Å². The number of rotatable bonds is 3. The van der Waals surface area contributed by atoms with E-state index in [1.165, 1.54) is 25.3 Å². The second-order valence-corrected chi connectivity index (χ2v) is 2.68. The Bertz CT molecular complexity index is 291. The first kappa shape index (κ1) is 9.95.